The summed E-state index contributed by atoms with van der Waals surface area (Å²) in [7, 11) is 0. The lowest BCUT2D eigenvalue weighted by Gasteiger charge is -2.31. The van der Waals surface area contributed by atoms with Gasteiger partial charge in [0.15, 0.2) is 0 Å². The lowest BCUT2D eigenvalue weighted by molar-refractivity contribution is -0.136. The van der Waals surface area contributed by atoms with Gasteiger partial charge in [0.05, 0.1) is 6.04 Å². The van der Waals surface area contributed by atoms with E-state index < -0.39 is 6.04 Å². The Hall–Kier alpha value is -2.69. The Bertz CT molecular complexity index is 878. The zero-order valence-corrected chi connectivity index (χ0v) is 16.6. The minimum absolute atomic E-state index is 0.0284. The van der Waals surface area contributed by atoms with Crippen molar-refractivity contribution >= 4 is 17.5 Å². The average Bonchev–Trinajstić information content (AvgIpc) is 2.89. The van der Waals surface area contributed by atoms with Crippen molar-refractivity contribution in [3.05, 3.63) is 65.5 Å². The molecule has 0 spiro atoms. The molecule has 2 aromatic rings. The lowest BCUT2D eigenvalue weighted by Crippen LogP contribution is -2.39. The van der Waals surface area contributed by atoms with E-state index in [4.69, 9.17) is 0 Å². The first-order valence-electron chi connectivity index (χ1n) is 10.6. The van der Waals surface area contributed by atoms with Gasteiger partial charge in [0, 0.05) is 17.7 Å². The number of carbonyl (C=O) groups is 2. The first kappa shape index (κ1) is 19.6. The summed E-state index contributed by atoms with van der Waals surface area (Å²) in [5, 5.41) is 2.84. The number of carbonyl (C=O) groups excluding carboxylic acids is 2. The third-order valence-corrected chi connectivity index (χ3v) is 6.13. The summed E-state index contributed by atoms with van der Waals surface area (Å²) in [5.74, 6) is -0.0807. The molecule has 29 heavy (non-hydrogen) atoms. The first-order valence-corrected chi connectivity index (χ1v) is 10.6. The van der Waals surface area contributed by atoms with Crippen LogP contribution in [0.2, 0.25) is 0 Å². The number of rotatable bonds is 4. The Kier molecular flexibility index (Phi) is 5.93. The summed E-state index contributed by atoms with van der Waals surface area (Å²) in [6.07, 6.45) is 7.41. The van der Waals surface area contributed by atoms with Gasteiger partial charge in [-0.3, -0.25) is 9.59 Å². The van der Waals surface area contributed by atoms with Crippen LogP contribution in [-0.4, -0.2) is 23.3 Å². The van der Waals surface area contributed by atoms with Gasteiger partial charge >= 0.3 is 0 Å². The van der Waals surface area contributed by atoms with Crippen molar-refractivity contribution in [1.29, 1.82) is 0 Å². The van der Waals surface area contributed by atoms with Crippen molar-refractivity contribution < 1.29 is 14.0 Å². The highest BCUT2D eigenvalue weighted by atomic mass is 19.1. The number of nitrogens with one attached hydrogen (secondary N) is 1. The molecule has 1 heterocycles. The highest BCUT2D eigenvalue weighted by molar-refractivity contribution is 5.97. The number of fused-ring (bicyclic) bond motifs is 1. The second kappa shape index (κ2) is 8.76. The Balaban J connectivity index is 1.66. The topological polar surface area (TPSA) is 49.4 Å². The van der Waals surface area contributed by atoms with E-state index in [1.807, 2.05) is 30.3 Å². The Morgan fingerprint density at radius 2 is 1.83 bits per heavy atom. The fourth-order valence-electron chi connectivity index (χ4n) is 4.65. The highest BCUT2D eigenvalue weighted by Crippen LogP contribution is 2.37. The smallest absolute Gasteiger partial charge is 0.244 e. The molecule has 1 atom stereocenters. The molecule has 4 nitrogen and oxygen atoms in total. The molecule has 1 aliphatic heterocycles. The third-order valence-electron chi connectivity index (χ3n) is 6.13. The molecule has 5 heteroatoms. The van der Waals surface area contributed by atoms with Gasteiger partial charge in [-0.15, -0.1) is 0 Å². The van der Waals surface area contributed by atoms with Crippen LogP contribution in [0, 0.1) is 11.7 Å². The van der Waals surface area contributed by atoms with Crippen LogP contribution in [0.5, 0.6) is 0 Å². The van der Waals surface area contributed by atoms with Gasteiger partial charge in [0.1, 0.15) is 12.4 Å². The number of benzene rings is 2. The van der Waals surface area contributed by atoms with Gasteiger partial charge < -0.3 is 10.2 Å². The van der Waals surface area contributed by atoms with Crippen LogP contribution in [-0.2, 0) is 9.59 Å². The highest BCUT2D eigenvalue weighted by Gasteiger charge is 2.33. The van der Waals surface area contributed by atoms with E-state index in [0.29, 0.717) is 23.6 Å². The maximum Gasteiger partial charge on any atom is 0.244 e. The van der Waals surface area contributed by atoms with E-state index in [2.05, 4.69) is 5.32 Å². The molecule has 2 aromatic carbocycles. The summed E-state index contributed by atoms with van der Waals surface area (Å²) in [4.78, 5) is 27.4. The molecule has 0 aromatic heterocycles. The van der Waals surface area contributed by atoms with Gasteiger partial charge in [0.2, 0.25) is 11.8 Å². The van der Waals surface area contributed by atoms with Crippen molar-refractivity contribution in [3.63, 3.8) is 0 Å². The molecule has 0 radical (unpaired) electrons. The normalized spacial score (nSPS) is 20.0. The van der Waals surface area contributed by atoms with Crippen LogP contribution >= 0.6 is 0 Å². The molecule has 1 saturated carbocycles. The quantitative estimate of drug-likeness (QED) is 0.788. The van der Waals surface area contributed by atoms with E-state index in [0.717, 1.165) is 12.0 Å². The zero-order chi connectivity index (χ0) is 20.2. The van der Waals surface area contributed by atoms with Crippen LogP contribution in [0.4, 0.5) is 10.1 Å². The predicted molar refractivity (Wildman–Crippen MR) is 111 cm³/mol. The van der Waals surface area contributed by atoms with E-state index in [-0.39, 0.29) is 24.2 Å². The Morgan fingerprint density at radius 3 is 2.59 bits per heavy atom. The van der Waals surface area contributed by atoms with E-state index >= 15 is 0 Å². The van der Waals surface area contributed by atoms with Gasteiger partial charge in [-0.1, -0.05) is 62.4 Å². The molecular weight excluding hydrogens is 367 g/mol. The van der Waals surface area contributed by atoms with Crippen molar-refractivity contribution in [2.45, 2.75) is 51.0 Å². The second-order valence-electron chi connectivity index (χ2n) is 8.16. The van der Waals surface area contributed by atoms with Gasteiger partial charge in [0.25, 0.3) is 0 Å². The SMILES string of the molecule is O=C1CN(C(=O)CCC2CCCCC2)C(c2ccccc2)c2cc(F)ccc2N1. The monoisotopic (exact) mass is 394 g/mol. The minimum Gasteiger partial charge on any atom is -0.324 e. The molecular formula is C24H27FN2O2. The molecule has 1 fully saturated rings. The predicted octanol–water partition coefficient (Wildman–Crippen LogP) is 5.06. The molecule has 2 amide bonds. The van der Waals surface area contributed by atoms with E-state index in [1.165, 1.54) is 44.2 Å². The van der Waals surface area contributed by atoms with Crippen molar-refractivity contribution in [2.75, 3.05) is 11.9 Å². The molecule has 2 aliphatic rings. The molecule has 152 valence electrons. The standard InChI is InChI=1S/C24H27FN2O2/c25-19-12-13-21-20(15-19)24(18-9-5-2-6-10-18)27(16-22(28)26-21)23(29)14-11-17-7-3-1-4-8-17/h2,5-6,9-10,12-13,15,17,24H,1,3-4,7-8,11,14,16H2,(H,26,28). The molecule has 1 unspecified atom stereocenters. The van der Waals surface area contributed by atoms with Gasteiger partial charge in [-0.05, 0) is 36.1 Å². The van der Waals surface area contributed by atoms with Crippen LogP contribution in [0.3, 0.4) is 0 Å². The zero-order valence-electron chi connectivity index (χ0n) is 16.6. The van der Waals surface area contributed by atoms with Crippen LogP contribution < -0.4 is 5.32 Å². The van der Waals surface area contributed by atoms with E-state index in [1.54, 1.807) is 11.0 Å². The largest absolute Gasteiger partial charge is 0.324 e. The fourth-order valence-corrected chi connectivity index (χ4v) is 4.65. The molecule has 1 aliphatic carbocycles. The summed E-state index contributed by atoms with van der Waals surface area (Å²) < 4.78 is 14.1. The summed E-state index contributed by atoms with van der Waals surface area (Å²) >= 11 is 0. The van der Waals surface area contributed by atoms with Crippen molar-refractivity contribution in [3.8, 4) is 0 Å². The lowest BCUT2D eigenvalue weighted by atomic mass is 9.86. The maximum atomic E-state index is 14.1. The molecule has 4 rings (SSSR count). The number of halogens is 1. The van der Waals surface area contributed by atoms with Crippen LogP contribution in [0.1, 0.15) is 62.1 Å². The number of anilines is 1. The van der Waals surface area contributed by atoms with Crippen LogP contribution in [0.25, 0.3) is 0 Å². The van der Waals surface area contributed by atoms with Crippen molar-refractivity contribution in [1.82, 2.24) is 4.90 Å². The third kappa shape index (κ3) is 4.50. The number of hydrogen-bond acceptors (Lipinski definition) is 2. The number of amides is 2. The molecule has 1 N–H and O–H groups in total. The fraction of sp³-hybridized carbons (Fsp3) is 0.417. The average molecular weight is 394 g/mol. The second-order valence-corrected chi connectivity index (χ2v) is 8.16. The Morgan fingerprint density at radius 1 is 1.07 bits per heavy atom. The number of hydrogen-bond donors (Lipinski definition) is 1. The van der Waals surface area contributed by atoms with Crippen LogP contribution in [0.15, 0.2) is 48.5 Å². The summed E-state index contributed by atoms with van der Waals surface area (Å²) in [6.45, 7) is -0.0284. The number of nitrogens with zero attached hydrogens (tertiary/aromatic N) is 1. The van der Waals surface area contributed by atoms with Gasteiger partial charge in [-0.2, -0.15) is 0 Å². The summed E-state index contributed by atoms with van der Waals surface area (Å²) in [5.41, 5.74) is 2.06. The van der Waals surface area contributed by atoms with E-state index in [9.17, 15) is 14.0 Å². The van der Waals surface area contributed by atoms with Crippen molar-refractivity contribution in [2.24, 2.45) is 5.92 Å². The summed E-state index contributed by atoms with van der Waals surface area (Å²) in [6, 6.07) is 13.4. The Labute approximate surface area is 171 Å². The molecule has 0 saturated heterocycles. The minimum atomic E-state index is -0.486. The first-order chi connectivity index (χ1) is 14.1. The van der Waals surface area contributed by atoms with Gasteiger partial charge in [-0.25, -0.2) is 4.39 Å². The molecule has 0 bridgehead atoms. The maximum absolute atomic E-state index is 14.1.